The summed E-state index contributed by atoms with van der Waals surface area (Å²) < 4.78 is 11.8. The molecule has 0 N–H and O–H groups in total. The van der Waals surface area contributed by atoms with Gasteiger partial charge in [-0.1, -0.05) is 32.9 Å². The number of imide groups is 1. The molecule has 5 nitrogen and oxygen atoms in total. The van der Waals surface area contributed by atoms with Crippen LogP contribution in [0.1, 0.15) is 67.2 Å². The molecule has 1 heterocycles. The molecular weight excluding hydrogens is 358 g/mol. The lowest BCUT2D eigenvalue weighted by atomic mass is 9.82. The first-order valence-corrected chi connectivity index (χ1v) is 12.9. The molecule has 2 aliphatic rings. The second kappa shape index (κ2) is 7.36. The van der Waals surface area contributed by atoms with Crippen molar-refractivity contribution in [3.8, 4) is 0 Å². The molecule has 0 saturated carbocycles. The van der Waals surface area contributed by atoms with E-state index in [0.29, 0.717) is 32.3 Å². The predicted molar refractivity (Wildman–Crippen MR) is 110 cm³/mol. The molecule has 0 aromatic heterocycles. The molecule has 1 saturated heterocycles. The van der Waals surface area contributed by atoms with Crippen LogP contribution >= 0.6 is 0 Å². The normalized spacial score (nSPS) is 22.7. The topological polar surface area (TPSA) is 55.8 Å². The van der Waals surface area contributed by atoms with Gasteiger partial charge in [-0.25, -0.2) is 9.69 Å². The molecule has 1 spiro atoms. The smallest absolute Gasteiger partial charge is 0.417 e. The van der Waals surface area contributed by atoms with Crippen LogP contribution in [0.5, 0.6) is 0 Å². The van der Waals surface area contributed by atoms with Gasteiger partial charge in [0, 0.05) is 12.6 Å². The third-order valence-corrected chi connectivity index (χ3v) is 10.7. The van der Waals surface area contributed by atoms with Crippen LogP contribution in [0.4, 0.5) is 4.79 Å². The fourth-order valence-electron chi connectivity index (χ4n) is 3.53. The highest BCUT2D eigenvalue weighted by molar-refractivity contribution is 6.74. The summed E-state index contributed by atoms with van der Waals surface area (Å²) in [5.41, 5.74) is -1.08. The first-order valence-electron chi connectivity index (χ1n) is 10.0. The van der Waals surface area contributed by atoms with E-state index in [9.17, 15) is 9.59 Å². The Balaban J connectivity index is 2.11. The van der Waals surface area contributed by atoms with Crippen LogP contribution in [-0.2, 0) is 14.0 Å². The van der Waals surface area contributed by atoms with E-state index in [-0.39, 0.29) is 17.0 Å². The molecule has 6 heteroatoms. The molecular formula is C21H37NO4Si. The van der Waals surface area contributed by atoms with Gasteiger partial charge < -0.3 is 9.16 Å². The van der Waals surface area contributed by atoms with Gasteiger partial charge in [0.1, 0.15) is 5.60 Å². The average Bonchev–Trinajstić information content (AvgIpc) is 3.03. The molecule has 2 rings (SSSR count). The Morgan fingerprint density at radius 1 is 1.19 bits per heavy atom. The van der Waals surface area contributed by atoms with Crippen LogP contribution < -0.4 is 0 Å². The molecule has 27 heavy (non-hydrogen) atoms. The zero-order valence-corrected chi connectivity index (χ0v) is 19.3. The molecule has 0 aromatic carbocycles. The van der Waals surface area contributed by atoms with Crippen molar-refractivity contribution in [2.75, 3.05) is 6.61 Å². The lowest BCUT2D eigenvalue weighted by Gasteiger charge is -2.36. The molecule has 2 amide bonds. The third-order valence-electron chi connectivity index (χ3n) is 6.16. The zero-order valence-electron chi connectivity index (χ0n) is 18.3. The van der Waals surface area contributed by atoms with Crippen molar-refractivity contribution in [3.63, 3.8) is 0 Å². The third kappa shape index (κ3) is 4.83. The minimum Gasteiger partial charge on any atom is -0.443 e. The number of likely N-dealkylation sites (tertiary alicyclic amines) is 1. The van der Waals surface area contributed by atoms with E-state index >= 15 is 0 Å². The van der Waals surface area contributed by atoms with E-state index in [1.165, 1.54) is 4.90 Å². The fourth-order valence-corrected chi connectivity index (χ4v) is 4.60. The number of carbonyl (C=O) groups is 2. The second-order valence-electron chi connectivity index (χ2n) is 10.6. The van der Waals surface area contributed by atoms with E-state index in [4.69, 9.17) is 9.16 Å². The summed E-state index contributed by atoms with van der Waals surface area (Å²) in [6.07, 6.45) is 6.38. The van der Waals surface area contributed by atoms with Crippen LogP contribution in [0, 0.1) is 5.41 Å². The zero-order chi connectivity index (χ0) is 20.7. The number of nitrogens with zero attached hydrogens (tertiary/aromatic N) is 1. The molecule has 1 aliphatic carbocycles. The molecule has 0 aromatic rings. The second-order valence-corrected chi connectivity index (χ2v) is 15.4. The van der Waals surface area contributed by atoms with Gasteiger partial charge >= 0.3 is 6.09 Å². The van der Waals surface area contributed by atoms with Crippen molar-refractivity contribution in [1.29, 1.82) is 0 Å². The van der Waals surface area contributed by atoms with Crippen molar-refractivity contribution >= 4 is 20.3 Å². The standard InChI is InChI=1S/C21H37NO4Si/c1-19(2,3)26-18(24)22-16(11-14-25-27(7,8)20(4,5)6)15-21(17(22)23)12-9-10-13-21/h9-10,16H,11-15H2,1-8H3/t16-/m0/s1. The van der Waals surface area contributed by atoms with Crippen molar-refractivity contribution in [3.05, 3.63) is 12.2 Å². The Hall–Kier alpha value is -1.14. The lowest BCUT2D eigenvalue weighted by molar-refractivity contribution is -0.135. The van der Waals surface area contributed by atoms with Crippen molar-refractivity contribution in [2.45, 2.75) is 97.0 Å². The maximum Gasteiger partial charge on any atom is 0.417 e. The van der Waals surface area contributed by atoms with Crippen LogP contribution in [0.2, 0.25) is 18.1 Å². The van der Waals surface area contributed by atoms with Gasteiger partial charge in [0.25, 0.3) is 0 Å². The quantitative estimate of drug-likeness (QED) is 0.480. The molecule has 0 bridgehead atoms. The Morgan fingerprint density at radius 2 is 1.74 bits per heavy atom. The Kier molecular flexibility index (Phi) is 6.03. The van der Waals surface area contributed by atoms with Gasteiger partial charge in [-0.3, -0.25) is 4.79 Å². The fraction of sp³-hybridized carbons (Fsp3) is 0.810. The minimum atomic E-state index is -1.85. The SMILES string of the molecule is CC(C)(C)OC(=O)N1C(=O)C2(CC=CC2)C[C@@H]1CCO[Si](C)(C)C(C)(C)C. The van der Waals surface area contributed by atoms with Crippen LogP contribution in [0.3, 0.4) is 0 Å². The van der Waals surface area contributed by atoms with Crippen molar-refractivity contribution < 1.29 is 18.8 Å². The number of carbonyl (C=O) groups excluding carboxylic acids is 2. The molecule has 1 atom stereocenters. The molecule has 1 aliphatic heterocycles. The van der Waals surface area contributed by atoms with Crippen LogP contribution in [0.25, 0.3) is 0 Å². The molecule has 154 valence electrons. The van der Waals surface area contributed by atoms with Crippen LogP contribution in [0.15, 0.2) is 12.2 Å². The lowest BCUT2D eigenvalue weighted by Crippen LogP contribution is -2.45. The Labute approximate surface area is 165 Å². The summed E-state index contributed by atoms with van der Waals surface area (Å²) in [7, 11) is -1.85. The molecule has 0 radical (unpaired) electrons. The highest BCUT2D eigenvalue weighted by atomic mass is 28.4. The number of ether oxygens (including phenoxy) is 1. The summed E-state index contributed by atoms with van der Waals surface area (Å²) in [6, 6.07) is -0.156. The number of allylic oxidation sites excluding steroid dienone is 2. The maximum absolute atomic E-state index is 13.1. The van der Waals surface area contributed by atoms with Gasteiger partial charge in [0.05, 0.1) is 5.41 Å². The summed E-state index contributed by atoms with van der Waals surface area (Å²) >= 11 is 0. The molecule has 1 fully saturated rings. The van der Waals surface area contributed by atoms with E-state index in [2.05, 4.69) is 46.0 Å². The summed E-state index contributed by atoms with van der Waals surface area (Å²) in [5, 5.41) is 0.139. The van der Waals surface area contributed by atoms with E-state index < -0.39 is 25.4 Å². The van der Waals surface area contributed by atoms with Gasteiger partial charge in [0.2, 0.25) is 5.91 Å². The first-order chi connectivity index (χ1) is 12.2. The van der Waals surface area contributed by atoms with Crippen molar-refractivity contribution in [1.82, 2.24) is 4.90 Å². The summed E-state index contributed by atoms with van der Waals surface area (Å²) in [4.78, 5) is 27.3. The number of hydrogen-bond donors (Lipinski definition) is 0. The summed E-state index contributed by atoms with van der Waals surface area (Å²) in [6.45, 7) is 17.1. The van der Waals surface area contributed by atoms with Gasteiger partial charge in [-0.15, -0.1) is 0 Å². The van der Waals surface area contributed by atoms with E-state index in [1.54, 1.807) is 0 Å². The van der Waals surface area contributed by atoms with Gasteiger partial charge in [-0.05, 0) is 64.6 Å². The van der Waals surface area contributed by atoms with Crippen LogP contribution in [-0.4, -0.2) is 43.5 Å². The largest absolute Gasteiger partial charge is 0.443 e. The highest BCUT2D eigenvalue weighted by Gasteiger charge is 2.54. The number of hydrogen-bond acceptors (Lipinski definition) is 4. The van der Waals surface area contributed by atoms with Gasteiger partial charge in [-0.2, -0.15) is 0 Å². The average molecular weight is 396 g/mol. The minimum absolute atomic E-state index is 0.0842. The number of rotatable bonds is 4. The van der Waals surface area contributed by atoms with Crippen molar-refractivity contribution in [2.24, 2.45) is 5.41 Å². The predicted octanol–water partition coefficient (Wildman–Crippen LogP) is 5.27. The van der Waals surface area contributed by atoms with E-state index in [0.717, 1.165) is 0 Å². The Morgan fingerprint density at radius 3 is 2.22 bits per heavy atom. The van der Waals surface area contributed by atoms with E-state index in [1.807, 2.05) is 20.8 Å². The summed E-state index contributed by atoms with van der Waals surface area (Å²) in [5.74, 6) is -0.0842. The maximum atomic E-state index is 13.1. The first kappa shape index (κ1) is 22.1. The Bertz CT molecular complexity index is 605. The highest BCUT2D eigenvalue weighted by Crippen LogP contribution is 2.47. The molecule has 0 unspecified atom stereocenters. The number of amides is 2. The monoisotopic (exact) mass is 395 g/mol. The van der Waals surface area contributed by atoms with Gasteiger partial charge in [0.15, 0.2) is 8.32 Å².